The molecule has 0 aliphatic heterocycles. The summed E-state index contributed by atoms with van der Waals surface area (Å²) in [6, 6.07) is 0. The molecule has 0 spiro atoms. The smallest absolute Gasteiger partial charge is 0.413 e. The number of thiazole rings is 1. The molecule has 24 heavy (non-hydrogen) atoms. The Morgan fingerprint density at radius 2 is 2.08 bits per heavy atom. The number of hydrogen-bond donors (Lipinski definition) is 2. The fraction of sp³-hybridized carbons (Fsp3) is 0.706. The van der Waals surface area contributed by atoms with Crippen molar-refractivity contribution in [2.75, 3.05) is 18.5 Å². The van der Waals surface area contributed by atoms with E-state index in [2.05, 4.69) is 15.6 Å². The van der Waals surface area contributed by atoms with Crippen molar-refractivity contribution in [2.24, 2.45) is 11.8 Å². The summed E-state index contributed by atoms with van der Waals surface area (Å²) in [7, 11) is 0. The zero-order valence-corrected chi connectivity index (χ0v) is 15.3. The minimum Gasteiger partial charge on any atom is -0.449 e. The summed E-state index contributed by atoms with van der Waals surface area (Å²) in [6.45, 7) is 5.07. The van der Waals surface area contributed by atoms with Gasteiger partial charge in [-0.3, -0.25) is 10.1 Å². The third-order valence-electron chi connectivity index (χ3n) is 3.96. The lowest BCUT2D eigenvalue weighted by Gasteiger charge is -2.21. The standard InChI is InChI=1S/C17H27N3O3S/c1-12(2)10-23-17(22)20-16-19-14(11-24-16)8-15(21)18-9-13-6-4-3-5-7-13/h11-13H,3-10H2,1-2H3,(H,18,21)(H,19,20,22). The number of amides is 2. The van der Waals surface area contributed by atoms with Gasteiger partial charge in [-0.05, 0) is 24.7 Å². The van der Waals surface area contributed by atoms with Crippen LogP contribution in [0.3, 0.4) is 0 Å². The van der Waals surface area contributed by atoms with Crippen LogP contribution < -0.4 is 10.6 Å². The molecule has 2 rings (SSSR count). The first-order valence-corrected chi connectivity index (χ1v) is 9.55. The molecular weight excluding hydrogens is 326 g/mol. The zero-order valence-electron chi connectivity index (χ0n) is 14.5. The summed E-state index contributed by atoms with van der Waals surface area (Å²) < 4.78 is 5.04. The molecule has 2 N–H and O–H groups in total. The number of hydrogen-bond acceptors (Lipinski definition) is 5. The van der Waals surface area contributed by atoms with Gasteiger partial charge in [0, 0.05) is 11.9 Å². The number of carbonyl (C=O) groups is 2. The Labute approximate surface area is 147 Å². The highest BCUT2D eigenvalue weighted by molar-refractivity contribution is 7.13. The minimum absolute atomic E-state index is 0.0141. The fourth-order valence-electron chi connectivity index (χ4n) is 2.69. The maximum absolute atomic E-state index is 12.0. The van der Waals surface area contributed by atoms with Gasteiger partial charge in [0.05, 0.1) is 18.7 Å². The van der Waals surface area contributed by atoms with E-state index in [1.54, 1.807) is 5.38 Å². The molecule has 0 radical (unpaired) electrons. The molecule has 0 saturated heterocycles. The van der Waals surface area contributed by atoms with Gasteiger partial charge in [0.2, 0.25) is 5.91 Å². The molecule has 1 fully saturated rings. The molecule has 2 amide bonds. The highest BCUT2D eigenvalue weighted by atomic mass is 32.1. The number of aromatic nitrogens is 1. The van der Waals surface area contributed by atoms with Gasteiger partial charge in [-0.25, -0.2) is 9.78 Å². The molecule has 1 heterocycles. The summed E-state index contributed by atoms with van der Waals surface area (Å²) in [5.74, 6) is 0.890. The van der Waals surface area contributed by atoms with Crippen molar-refractivity contribution in [3.05, 3.63) is 11.1 Å². The molecule has 7 heteroatoms. The van der Waals surface area contributed by atoms with Crippen molar-refractivity contribution >= 4 is 28.5 Å². The Bertz CT molecular complexity index is 539. The molecule has 1 aromatic rings. The van der Waals surface area contributed by atoms with Crippen LogP contribution >= 0.6 is 11.3 Å². The number of nitrogens with zero attached hydrogens (tertiary/aromatic N) is 1. The van der Waals surface area contributed by atoms with E-state index in [1.807, 2.05) is 13.8 Å². The highest BCUT2D eigenvalue weighted by Gasteiger charge is 2.15. The van der Waals surface area contributed by atoms with E-state index in [0.717, 1.165) is 6.54 Å². The molecule has 1 aliphatic rings. The van der Waals surface area contributed by atoms with Crippen LogP contribution in [0, 0.1) is 11.8 Å². The van der Waals surface area contributed by atoms with E-state index < -0.39 is 6.09 Å². The summed E-state index contributed by atoms with van der Waals surface area (Å²) in [6.07, 6.45) is 6.02. The van der Waals surface area contributed by atoms with Crippen molar-refractivity contribution in [2.45, 2.75) is 52.4 Å². The summed E-state index contributed by atoms with van der Waals surface area (Å²) in [5.41, 5.74) is 0.667. The average Bonchev–Trinajstić information content (AvgIpc) is 2.99. The number of carbonyl (C=O) groups excluding carboxylic acids is 2. The van der Waals surface area contributed by atoms with Crippen LogP contribution in [0.1, 0.15) is 51.6 Å². The molecule has 0 aromatic carbocycles. The van der Waals surface area contributed by atoms with Gasteiger partial charge in [-0.15, -0.1) is 11.3 Å². The zero-order chi connectivity index (χ0) is 17.4. The topological polar surface area (TPSA) is 80.3 Å². The molecule has 0 atom stereocenters. The second kappa shape index (κ2) is 9.61. The minimum atomic E-state index is -0.508. The number of rotatable bonds is 7. The quantitative estimate of drug-likeness (QED) is 0.785. The maximum Gasteiger partial charge on any atom is 0.413 e. The molecule has 0 unspecified atom stereocenters. The second-order valence-corrected chi connectivity index (χ2v) is 7.60. The van der Waals surface area contributed by atoms with Crippen LogP contribution in [0.15, 0.2) is 5.38 Å². The molecule has 134 valence electrons. The summed E-state index contributed by atoms with van der Waals surface area (Å²) in [5, 5.41) is 7.83. The van der Waals surface area contributed by atoms with Crippen LogP contribution in [0.4, 0.5) is 9.93 Å². The highest BCUT2D eigenvalue weighted by Crippen LogP contribution is 2.22. The number of anilines is 1. The third-order valence-corrected chi connectivity index (χ3v) is 4.77. The first kappa shape index (κ1) is 18.7. The molecular formula is C17H27N3O3S. The Balaban J connectivity index is 1.70. The van der Waals surface area contributed by atoms with Crippen LogP contribution in [0.25, 0.3) is 0 Å². The molecule has 1 aliphatic carbocycles. The van der Waals surface area contributed by atoms with Crippen LogP contribution in [0.2, 0.25) is 0 Å². The fourth-order valence-corrected chi connectivity index (χ4v) is 3.38. The van der Waals surface area contributed by atoms with Crippen LogP contribution in [-0.4, -0.2) is 30.1 Å². The largest absolute Gasteiger partial charge is 0.449 e. The SMILES string of the molecule is CC(C)COC(=O)Nc1nc(CC(=O)NCC2CCCCC2)cs1. The van der Waals surface area contributed by atoms with E-state index in [0.29, 0.717) is 23.4 Å². The third kappa shape index (κ3) is 6.86. The van der Waals surface area contributed by atoms with E-state index in [4.69, 9.17) is 4.74 Å². The molecule has 1 saturated carbocycles. The van der Waals surface area contributed by atoms with Crippen molar-refractivity contribution in [1.29, 1.82) is 0 Å². The number of ether oxygens (including phenoxy) is 1. The van der Waals surface area contributed by atoms with Gasteiger partial charge in [0.25, 0.3) is 0 Å². The lowest BCUT2D eigenvalue weighted by atomic mass is 9.89. The van der Waals surface area contributed by atoms with Gasteiger partial charge in [0.1, 0.15) is 0 Å². The maximum atomic E-state index is 12.0. The molecule has 6 nitrogen and oxygen atoms in total. The predicted molar refractivity (Wildman–Crippen MR) is 95.2 cm³/mol. The Hall–Kier alpha value is -1.63. The van der Waals surface area contributed by atoms with E-state index in [9.17, 15) is 9.59 Å². The number of nitrogens with one attached hydrogen (secondary N) is 2. The van der Waals surface area contributed by atoms with E-state index in [-0.39, 0.29) is 18.2 Å². The second-order valence-electron chi connectivity index (χ2n) is 6.75. The normalized spacial score (nSPS) is 15.3. The first-order chi connectivity index (χ1) is 11.5. The first-order valence-electron chi connectivity index (χ1n) is 8.68. The van der Waals surface area contributed by atoms with Gasteiger partial charge in [-0.2, -0.15) is 0 Å². The van der Waals surface area contributed by atoms with E-state index in [1.165, 1.54) is 43.4 Å². The van der Waals surface area contributed by atoms with Gasteiger partial charge in [-0.1, -0.05) is 33.1 Å². The van der Waals surface area contributed by atoms with Gasteiger partial charge in [0.15, 0.2) is 5.13 Å². The monoisotopic (exact) mass is 353 g/mol. The Kier molecular flexibility index (Phi) is 7.49. The van der Waals surface area contributed by atoms with Crippen molar-refractivity contribution in [3.63, 3.8) is 0 Å². The lowest BCUT2D eigenvalue weighted by molar-refractivity contribution is -0.120. The van der Waals surface area contributed by atoms with Crippen molar-refractivity contribution < 1.29 is 14.3 Å². The molecule has 0 bridgehead atoms. The summed E-state index contributed by atoms with van der Waals surface area (Å²) >= 11 is 1.30. The van der Waals surface area contributed by atoms with Crippen molar-refractivity contribution in [1.82, 2.24) is 10.3 Å². The van der Waals surface area contributed by atoms with Gasteiger partial charge < -0.3 is 10.1 Å². The van der Waals surface area contributed by atoms with Crippen molar-refractivity contribution in [3.8, 4) is 0 Å². The lowest BCUT2D eigenvalue weighted by Crippen LogP contribution is -2.31. The van der Waals surface area contributed by atoms with E-state index >= 15 is 0 Å². The Morgan fingerprint density at radius 1 is 1.33 bits per heavy atom. The van der Waals surface area contributed by atoms with Crippen LogP contribution in [-0.2, 0) is 16.0 Å². The predicted octanol–water partition coefficient (Wildman–Crippen LogP) is 3.59. The van der Waals surface area contributed by atoms with Crippen LogP contribution in [0.5, 0.6) is 0 Å². The van der Waals surface area contributed by atoms with Gasteiger partial charge >= 0.3 is 6.09 Å². The average molecular weight is 353 g/mol. The summed E-state index contributed by atoms with van der Waals surface area (Å²) in [4.78, 5) is 27.8. The Morgan fingerprint density at radius 3 is 2.79 bits per heavy atom. The molecule has 1 aromatic heterocycles.